The van der Waals surface area contributed by atoms with Gasteiger partial charge in [-0.2, -0.15) is 0 Å². The summed E-state index contributed by atoms with van der Waals surface area (Å²) in [4.78, 5) is 25.3. The van der Waals surface area contributed by atoms with E-state index in [1.807, 2.05) is 6.92 Å². The molecule has 1 N–H and O–H groups in total. The zero-order valence-electron chi connectivity index (χ0n) is 16.6. The van der Waals surface area contributed by atoms with Gasteiger partial charge in [-0.1, -0.05) is 29.3 Å². The van der Waals surface area contributed by atoms with Crippen LogP contribution in [-0.4, -0.2) is 44.8 Å². The van der Waals surface area contributed by atoms with E-state index >= 15 is 0 Å². The first kappa shape index (κ1) is 21.9. The minimum Gasteiger partial charge on any atom is -0.497 e. The molecule has 1 saturated heterocycles. The van der Waals surface area contributed by atoms with E-state index in [2.05, 4.69) is 5.32 Å². The van der Waals surface area contributed by atoms with Gasteiger partial charge in [-0.3, -0.25) is 9.59 Å². The second-order valence-corrected chi connectivity index (χ2v) is 8.96. The zero-order valence-corrected chi connectivity index (χ0v) is 18.2. The first-order chi connectivity index (χ1) is 14.2. The van der Waals surface area contributed by atoms with Crippen molar-refractivity contribution in [2.24, 2.45) is 0 Å². The highest BCUT2D eigenvalue weighted by Gasteiger charge is 2.44. The second kappa shape index (κ2) is 8.53. The van der Waals surface area contributed by atoms with Crippen molar-refractivity contribution in [3.05, 3.63) is 47.0 Å². The molecule has 30 heavy (non-hydrogen) atoms. The van der Waals surface area contributed by atoms with Gasteiger partial charge in [-0.05, 0) is 25.5 Å². The van der Waals surface area contributed by atoms with Crippen LogP contribution in [0.5, 0.6) is 11.5 Å². The molecule has 3 rings (SSSR count). The van der Waals surface area contributed by atoms with Crippen LogP contribution in [0.25, 0.3) is 0 Å². The lowest BCUT2D eigenvalue weighted by Gasteiger charge is -2.24. The molecule has 10 heteroatoms. The number of carbonyl (C=O) groups is 2. The molecule has 2 aromatic carbocycles. The number of halogens is 1. The number of anilines is 1. The first-order valence-electron chi connectivity index (χ1n) is 9.05. The Morgan fingerprint density at radius 1 is 1.17 bits per heavy atom. The Bertz CT molecular complexity index is 1090. The van der Waals surface area contributed by atoms with Crippen LogP contribution >= 0.6 is 11.6 Å². The molecule has 8 nitrogen and oxygen atoms in total. The number of rotatable bonds is 6. The molecule has 160 valence electrons. The highest BCUT2D eigenvalue weighted by Crippen LogP contribution is 2.37. The standard InChI is InChI=1S/C20H21ClN2O6S/c1-12-4-6-14(7-5-12)30(26,27)23-16(8-9-18(23)24)20(25)22-19-15(21)10-13(28-2)11-17(19)29-3/h4-7,10-11,16H,8-9H2,1-3H3,(H,22,25). The molecule has 1 fully saturated rings. The Balaban J connectivity index is 1.92. The molecular weight excluding hydrogens is 432 g/mol. The summed E-state index contributed by atoms with van der Waals surface area (Å²) in [6, 6.07) is 7.90. The van der Waals surface area contributed by atoms with Gasteiger partial charge in [0.25, 0.3) is 10.0 Å². The first-order valence-corrected chi connectivity index (χ1v) is 10.9. The van der Waals surface area contributed by atoms with Crippen LogP contribution in [0, 0.1) is 6.92 Å². The third-order valence-corrected chi connectivity index (χ3v) is 6.91. The van der Waals surface area contributed by atoms with Crippen molar-refractivity contribution in [2.45, 2.75) is 30.7 Å². The number of hydrogen-bond acceptors (Lipinski definition) is 6. The van der Waals surface area contributed by atoms with Gasteiger partial charge in [0.05, 0.1) is 24.1 Å². The minimum absolute atomic E-state index is 0.0544. The molecule has 0 aromatic heterocycles. The van der Waals surface area contributed by atoms with Crippen LogP contribution in [0.3, 0.4) is 0 Å². The smallest absolute Gasteiger partial charge is 0.267 e. The van der Waals surface area contributed by atoms with Crippen molar-refractivity contribution in [3.8, 4) is 11.5 Å². The number of methoxy groups -OCH3 is 2. The molecule has 0 bridgehead atoms. The largest absolute Gasteiger partial charge is 0.497 e. The van der Waals surface area contributed by atoms with Gasteiger partial charge in [-0.15, -0.1) is 0 Å². The van der Waals surface area contributed by atoms with Gasteiger partial charge in [0, 0.05) is 18.6 Å². The van der Waals surface area contributed by atoms with Gasteiger partial charge in [-0.25, -0.2) is 12.7 Å². The molecule has 1 aliphatic heterocycles. The lowest BCUT2D eigenvalue weighted by atomic mass is 10.2. The van der Waals surface area contributed by atoms with E-state index in [4.69, 9.17) is 21.1 Å². The van der Waals surface area contributed by atoms with Crippen LogP contribution in [0.1, 0.15) is 18.4 Å². The Morgan fingerprint density at radius 3 is 2.43 bits per heavy atom. The zero-order chi connectivity index (χ0) is 22.1. The summed E-state index contributed by atoms with van der Waals surface area (Å²) < 4.78 is 37.1. The number of hydrogen-bond donors (Lipinski definition) is 1. The topological polar surface area (TPSA) is 102 Å². The number of ether oxygens (including phenoxy) is 2. The monoisotopic (exact) mass is 452 g/mol. The van der Waals surface area contributed by atoms with E-state index in [9.17, 15) is 18.0 Å². The van der Waals surface area contributed by atoms with Crippen molar-refractivity contribution < 1.29 is 27.5 Å². The quantitative estimate of drug-likeness (QED) is 0.722. The van der Waals surface area contributed by atoms with Gasteiger partial charge in [0.2, 0.25) is 11.8 Å². The fourth-order valence-corrected chi connectivity index (χ4v) is 5.04. The van der Waals surface area contributed by atoms with Crippen LogP contribution in [0.2, 0.25) is 5.02 Å². The summed E-state index contributed by atoms with van der Waals surface area (Å²) in [5.41, 5.74) is 1.04. The summed E-state index contributed by atoms with van der Waals surface area (Å²) in [6.07, 6.45) is 0.00248. The fraction of sp³-hybridized carbons (Fsp3) is 0.300. The Kier molecular flexibility index (Phi) is 6.23. The van der Waals surface area contributed by atoms with Crippen LogP contribution < -0.4 is 14.8 Å². The molecule has 2 aromatic rings. The van der Waals surface area contributed by atoms with E-state index in [0.717, 1.165) is 5.56 Å². The number of carbonyl (C=O) groups excluding carboxylic acids is 2. The van der Waals surface area contributed by atoms with Crippen molar-refractivity contribution in [1.82, 2.24) is 4.31 Å². The lowest BCUT2D eigenvalue weighted by Crippen LogP contribution is -2.45. The summed E-state index contributed by atoms with van der Waals surface area (Å²) in [6.45, 7) is 1.82. The Hall–Kier alpha value is -2.78. The van der Waals surface area contributed by atoms with E-state index < -0.39 is 27.9 Å². The van der Waals surface area contributed by atoms with E-state index in [-0.39, 0.29) is 34.2 Å². The van der Waals surface area contributed by atoms with E-state index in [1.165, 1.54) is 38.5 Å². The van der Waals surface area contributed by atoms with Crippen molar-refractivity contribution in [1.29, 1.82) is 0 Å². The molecule has 1 atom stereocenters. The number of sulfonamides is 1. The number of nitrogens with one attached hydrogen (secondary N) is 1. The highest BCUT2D eigenvalue weighted by atomic mass is 35.5. The Labute approximate surface area is 179 Å². The minimum atomic E-state index is -4.19. The SMILES string of the molecule is COc1cc(Cl)c(NC(=O)C2CCC(=O)N2S(=O)(=O)c2ccc(C)cc2)c(OC)c1. The molecule has 1 heterocycles. The number of aryl methyl sites for hydroxylation is 1. The third kappa shape index (κ3) is 4.08. The van der Waals surface area contributed by atoms with Gasteiger partial charge >= 0.3 is 0 Å². The molecule has 0 saturated carbocycles. The van der Waals surface area contributed by atoms with Gasteiger partial charge < -0.3 is 14.8 Å². The maximum absolute atomic E-state index is 13.1. The molecule has 1 aliphatic rings. The van der Waals surface area contributed by atoms with Crippen LogP contribution in [0.4, 0.5) is 5.69 Å². The maximum atomic E-state index is 13.1. The normalized spacial score (nSPS) is 16.5. The molecule has 1 unspecified atom stereocenters. The second-order valence-electron chi connectivity index (χ2n) is 6.74. The average Bonchev–Trinajstić information content (AvgIpc) is 3.11. The fourth-order valence-electron chi connectivity index (χ4n) is 3.19. The third-order valence-electron chi connectivity index (χ3n) is 4.77. The van der Waals surface area contributed by atoms with Crippen molar-refractivity contribution in [3.63, 3.8) is 0 Å². The maximum Gasteiger partial charge on any atom is 0.267 e. The molecular formula is C20H21ClN2O6S. The molecule has 0 radical (unpaired) electrons. The molecule has 2 amide bonds. The number of benzene rings is 2. The summed E-state index contributed by atoms with van der Waals surface area (Å²) in [5, 5.41) is 2.75. The highest BCUT2D eigenvalue weighted by molar-refractivity contribution is 7.89. The predicted octanol–water partition coefficient (Wildman–Crippen LogP) is 2.98. The average molecular weight is 453 g/mol. The molecule has 0 spiro atoms. The van der Waals surface area contributed by atoms with Gasteiger partial charge in [0.1, 0.15) is 23.2 Å². The summed E-state index contributed by atoms with van der Waals surface area (Å²) in [7, 11) is -1.33. The number of amides is 2. The molecule has 0 aliphatic carbocycles. The van der Waals surface area contributed by atoms with Crippen molar-refractivity contribution >= 4 is 39.1 Å². The number of nitrogens with zero attached hydrogens (tertiary/aromatic N) is 1. The van der Waals surface area contributed by atoms with Gasteiger partial charge in [0.15, 0.2) is 0 Å². The predicted molar refractivity (Wildman–Crippen MR) is 111 cm³/mol. The van der Waals surface area contributed by atoms with Crippen molar-refractivity contribution in [2.75, 3.05) is 19.5 Å². The lowest BCUT2D eigenvalue weighted by molar-refractivity contribution is -0.128. The van der Waals surface area contributed by atoms with E-state index in [0.29, 0.717) is 10.1 Å². The van der Waals surface area contributed by atoms with Crippen LogP contribution in [0.15, 0.2) is 41.3 Å². The van der Waals surface area contributed by atoms with E-state index in [1.54, 1.807) is 12.1 Å². The Morgan fingerprint density at radius 2 is 1.83 bits per heavy atom. The summed E-state index contributed by atoms with van der Waals surface area (Å²) >= 11 is 6.23. The van der Waals surface area contributed by atoms with Crippen LogP contribution in [-0.2, 0) is 19.6 Å². The summed E-state index contributed by atoms with van der Waals surface area (Å²) in [5.74, 6) is -0.648.